The molecule has 2 aromatic carbocycles. The number of hydrogen-bond acceptors (Lipinski definition) is 4. The van der Waals surface area contributed by atoms with Crippen molar-refractivity contribution in [3.63, 3.8) is 0 Å². The minimum atomic E-state index is -1.24. The highest BCUT2D eigenvalue weighted by molar-refractivity contribution is 6.33. The first kappa shape index (κ1) is 17.7. The Hall–Kier alpha value is -2.67. The Morgan fingerprint density at radius 1 is 1.25 bits per heavy atom. The van der Waals surface area contributed by atoms with Crippen LogP contribution in [0.2, 0.25) is 5.02 Å². The number of nitrogens with two attached hydrogens (primary N) is 1. The number of benzene rings is 2. The van der Waals surface area contributed by atoms with Gasteiger partial charge in [0.1, 0.15) is 11.6 Å². The highest BCUT2D eigenvalue weighted by Gasteiger charge is 2.22. The molecule has 126 valence electrons. The molecule has 0 aliphatic rings. The predicted molar refractivity (Wildman–Crippen MR) is 85.7 cm³/mol. The maximum atomic E-state index is 13.5. The summed E-state index contributed by atoms with van der Waals surface area (Å²) in [6.07, 6.45) is -1.24. The summed E-state index contributed by atoms with van der Waals surface area (Å²) in [4.78, 5) is 24.0. The van der Waals surface area contributed by atoms with Crippen molar-refractivity contribution in [3.8, 4) is 0 Å². The first-order valence-corrected chi connectivity index (χ1v) is 7.18. The summed E-state index contributed by atoms with van der Waals surface area (Å²) in [7, 11) is 0. The highest BCUT2D eigenvalue weighted by Crippen LogP contribution is 2.23. The molecule has 24 heavy (non-hydrogen) atoms. The Morgan fingerprint density at radius 2 is 1.96 bits per heavy atom. The second-order valence-corrected chi connectivity index (χ2v) is 5.27. The maximum absolute atomic E-state index is 13.5. The van der Waals surface area contributed by atoms with Gasteiger partial charge in [0.05, 0.1) is 22.0 Å². The first-order chi connectivity index (χ1) is 11.3. The van der Waals surface area contributed by atoms with Gasteiger partial charge in [-0.3, -0.25) is 4.79 Å². The topological polar surface area (TPSA) is 81.4 Å². The van der Waals surface area contributed by atoms with Crippen LogP contribution < -0.4 is 11.1 Å². The van der Waals surface area contributed by atoms with Gasteiger partial charge in [0.2, 0.25) is 0 Å². The summed E-state index contributed by atoms with van der Waals surface area (Å²) in [5.74, 6) is -3.35. The summed E-state index contributed by atoms with van der Waals surface area (Å²) in [6.45, 7) is 1.30. The van der Waals surface area contributed by atoms with Gasteiger partial charge in [-0.2, -0.15) is 0 Å². The van der Waals surface area contributed by atoms with Crippen molar-refractivity contribution in [2.45, 2.75) is 13.0 Å². The van der Waals surface area contributed by atoms with E-state index in [0.29, 0.717) is 6.07 Å². The smallest absolute Gasteiger partial charge is 0.341 e. The number of rotatable bonds is 4. The zero-order valence-corrected chi connectivity index (χ0v) is 13.2. The van der Waals surface area contributed by atoms with Crippen molar-refractivity contribution in [1.82, 2.24) is 0 Å². The van der Waals surface area contributed by atoms with Gasteiger partial charge in [0, 0.05) is 6.07 Å². The van der Waals surface area contributed by atoms with E-state index in [1.165, 1.54) is 25.1 Å². The molecule has 0 spiro atoms. The van der Waals surface area contributed by atoms with Crippen molar-refractivity contribution in [2.75, 3.05) is 11.1 Å². The Morgan fingerprint density at radius 3 is 2.62 bits per heavy atom. The van der Waals surface area contributed by atoms with Crippen molar-refractivity contribution in [1.29, 1.82) is 0 Å². The summed E-state index contributed by atoms with van der Waals surface area (Å²) < 4.78 is 31.3. The Labute approximate surface area is 141 Å². The lowest BCUT2D eigenvalue weighted by molar-refractivity contribution is -0.123. The van der Waals surface area contributed by atoms with Crippen molar-refractivity contribution >= 4 is 34.9 Å². The fourth-order valence-corrected chi connectivity index (χ4v) is 1.99. The Bertz CT molecular complexity index is 799. The zero-order chi connectivity index (χ0) is 17.9. The molecule has 5 nitrogen and oxygen atoms in total. The summed E-state index contributed by atoms with van der Waals surface area (Å²) in [5, 5.41) is 2.38. The fourth-order valence-electron chi connectivity index (χ4n) is 1.82. The van der Waals surface area contributed by atoms with Crippen molar-refractivity contribution < 1.29 is 23.1 Å². The van der Waals surface area contributed by atoms with Gasteiger partial charge in [-0.05, 0) is 31.2 Å². The van der Waals surface area contributed by atoms with Gasteiger partial charge in [-0.1, -0.05) is 17.7 Å². The molecule has 1 unspecified atom stereocenters. The maximum Gasteiger partial charge on any atom is 0.341 e. The lowest BCUT2D eigenvalue weighted by atomic mass is 10.2. The van der Waals surface area contributed by atoms with Crippen LogP contribution in [0.1, 0.15) is 17.3 Å². The average molecular weight is 355 g/mol. The number of carbonyl (C=O) groups is 2. The number of amides is 1. The number of nitrogens with one attached hydrogen (secondary N) is 1. The van der Waals surface area contributed by atoms with Crippen LogP contribution in [-0.4, -0.2) is 18.0 Å². The average Bonchev–Trinajstić information content (AvgIpc) is 2.52. The highest BCUT2D eigenvalue weighted by atomic mass is 35.5. The molecule has 0 aliphatic carbocycles. The van der Waals surface area contributed by atoms with E-state index in [4.69, 9.17) is 22.1 Å². The third-order valence-electron chi connectivity index (χ3n) is 3.11. The zero-order valence-electron chi connectivity index (χ0n) is 12.5. The summed E-state index contributed by atoms with van der Waals surface area (Å²) >= 11 is 5.81. The van der Waals surface area contributed by atoms with Crippen molar-refractivity contribution in [3.05, 3.63) is 58.6 Å². The number of esters is 1. The largest absolute Gasteiger partial charge is 0.449 e. The third kappa shape index (κ3) is 3.99. The molecular formula is C16H13ClF2N2O3. The molecule has 1 atom stereocenters. The van der Waals surface area contributed by atoms with Gasteiger partial charge in [0.25, 0.3) is 5.91 Å². The monoisotopic (exact) mass is 354 g/mol. The van der Waals surface area contributed by atoms with Crippen LogP contribution in [0.15, 0.2) is 36.4 Å². The summed E-state index contributed by atoms with van der Waals surface area (Å²) in [5.41, 5.74) is 5.48. The molecule has 0 saturated heterocycles. The van der Waals surface area contributed by atoms with Crippen LogP contribution in [-0.2, 0) is 9.53 Å². The van der Waals surface area contributed by atoms with Gasteiger partial charge in [-0.15, -0.1) is 0 Å². The molecule has 0 saturated carbocycles. The molecule has 2 aromatic rings. The molecule has 2 rings (SSSR count). The second kappa shape index (κ2) is 7.27. The van der Waals surface area contributed by atoms with E-state index in [9.17, 15) is 18.4 Å². The number of carbonyl (C=O) groups excluding carboxylic acids is 2. The molecule has 0 aromatic heterocycles. The van der Waals surface area contributed by atoms with Crippen LogP contribution in [0.5, 0.6) is 0 Å². The molecule has 0 heterocycles. The molecule has 0 radical (unpaired) electrons. The second-order valence-electron chi connectivity index (χ2n) is 4.86. The van der Waals surface area contributed by atoms with E-state index < -0.39 is 29.6 Å². The minimum absolute atomic E-state index is 0.00936. The molecule has 1 amide bonds. The van der Waals surface area contributed by atoms with E-state index in [0.717, 1.165) is 12.1 Å². The molecule has 8 heteroatoms. The van der Waals surface area contributed by atoms with E-state index in [-0.39, 0.29) is 22.0 Å². The lowest BCUT2D eigenvalue weighted by Crippen LogP contribution is -2.30. The van der Waals surface area contributed by atoms with Gasteiger partial charge in [-0.25, -0.2) is 13.6 Å². The number of halogens is 3. The number of para-hydroxylation sites is 1. The minimum Gasteiger partial charge on any atom is -0.449 e. The van der Waals surface area contributed by atoms with Crippen molar-refractivity contribution in [2.24, 2.45) is 0 Å². The van der Waals surface area contributed by atoms with Crippen LogP contribution in [0, 0.1) is 11.6 Å². The van der Waals surface area contributed by atoms with E-state index in [1.807, 2.05) is 0 Å². The van der Waals surface area contributed by atoms with E-state index >= 15 is 0 Å². The molecular weight excluding hydrogens is 342 g/mol. The van der Waals surface area contributed by atoms with Crippen LogP contribution in [0.25, 0.3) is 0 Å². The lowest BCUT2D eigenvalue weighted by Gasteiger charge is -2.15. The SMILES string of the molecule is CC(OC(=O)c1cccc(Cl)c1N)C(=O)Nc1ccc(F)cc1F. The van der Waals surface area contributed by atoms with E-state index in [2.05, 4.69) is 5.32 Å². The molecule has 0 aliphatic heterocycles. The van der Waals surface area contributed by atoms with Crippen LogP contribution >= 0.6 is 11.6 Å². The molecule has 0 bridgehead atoms. The fraction of sp³-hybridized carbons (Fsp3) is 0.125. The van der Waals surface area contributed by atoms with Crippen LogP contribution in [0.3, 0.4) is 0 Å². The third-order valence-corrected chi connectivity index (χ3v) is 3.44. The Balaban J connectivity index is 2.06. The standard InChI is InChI=1S/C16H13ClF2N2O3/c1-8(15(22)21-13-6-5-9(18)7-12(13)19)24-16(23)10-3-2-4-11(17)14(10)20/h2-8H,20H2,1H3,(H,21,22). The van der Waals surface area contributed by atoms with Gasteiger partial charge < -0.3 is 15.8 Å². The summed E-state index contributed by atoms with van der Waals surface area (Å²) in [6, 6.07) is 7.08. The Kier molecular flexibility index (Phi) is 5.35. The van der Waals surface area contributed by atoms with Crippen LogP contribution in [0.4, 0.5) is 20.2 Å². The van der Waals surface area contributed by atoms with Gasteiger partial charge >= 0.3 is 5.97 Å². The quantitative estimate of drug-likeness (QED) is 0.651. The first-order valence-electron chi connectivity index (χ1n) is 6.80. The number of ether oxygens (including phenoxy) is 1. The normalized spacial score (nSPS) is 11.7. The predicted octanol–water partition coefficient (Wildman–Crippen LogP) is 3.38. The molecule has 0 fully saturated rings. The number of anilines is 2. The molecule has 3 N–H and O–H groups in total. The number of hydrogen-bond donors (Lipinski definition) is 2. The van der Waals surface area contributed by atoms with Gasteiger partial charge in [0.15, 0.2) is 6.10 Å². The number of nitrogen functional groups attached to an aromatic ring is 1. The van der Waals surface area contributed by atoms with E-state index in [1.54, 1.807) is 0 Å².